The van der Waals surface area contributed by atoms with Crippen LogP contribution in [-0.4, -0.2) is 19.4 Å². The van der Waals surface area contributed by atoms with Crippen LogP contribution >= 0.6 is 0 Å². The van der Waals surface area contributed by atoms with Crippen LogP contribution < -0.4 is 0 Å². The van der Waals surface area contributed by atoms with Crippen molar-refractivity contribution in [3.63, 3.8) is 0 Å². The zero-order chi connectivity index (χ0) is 9.41. The van der Waals surface area contributed by atoms with Gasteiger partial charge in [-0.15, -0.1) is 0 Å². The van der Waals surface area contributed by atoms with Crippen molar-refractivity contribution in [2.24, 2.45) is 5.41 Å². The molecule has 0 aromatic carbocycles. The van der Waals surface area contributed by atoms with Crippen molar-refractivity contribution in [2.75, 3.05) is 7.11 Å². The van der Waals surface area contributed by atoms with Crippen LogP contribution in [0.5, 0.6) is 0 Å². The summed E-state index contributed by atoms with van der Waals surface area (Å²) in [5, 5.41) is 0. The third kappa shape index (κ3) is 1.58. The summed E-state index contributed by atoms with van der Waals surface area (Å²) in [6.07, 6.45) is -3.48. The summed E-state index contributed by atoms with van der Waals surface area (Å²) in [6, 6.07) is 0. The highest BCUT2D eigenvalue weighted by atomic mass is 19.4. The van der Waals surface area contributed by atoms with Gasteiger partial charge < -0.3 is 4.74 Å². The average Bonchev–Trinajstić information content (AvgIpc) is 2.31. The maximum atomic E-state index is 12.4. The van der Waals surface area contributed by atoms with Crippen molar-refractivity contribution in [3.8, 4) is 0 Å². The van der Waals surface area contributed by atoms with Crippen LogP contribution in [0.1, 0.15) is 26.2 Å². The molecule has 1 rings (SSSR count). The molecule has 0 spiro atoms. The van der Waals surface area contributed by atoms with Gasteiger partial charge in [0.05, 0.1) is 11.5 Å². The highest BCUT2D eigenvalue weighted by Gasteiger charge is 2.54. The predicted octanol–water partition coefficient (Wildman–Crippen LogP) is 2.75. The van der Waals surface area contributed by atoms with Gasteiger partial charge in [-0.3, -0.25) is 0 Å². The summed E-state index contributed by atoms with van der Waals surface area (Å²) >= 11 is 0. The molecule has 4 heteroatoms. The minimum absolute atomic E-state index is 0.104. The van der Waals surface area contributed by atoms with Crippen LogP contribution in [0.2, 0.25) is 0 Å². The Morgan fingerprint density at radius 2 is 2.00 bits per heavy atom. The Balaban J connectivity index is 2.64. The third-order valence-corrected chi connectivity index (χ3v) is 2.71. The lowest BCUT2D eigenvalue weighted by Crippen LogP contribution is -2.33. The van der Waals surface area contributed by atoms with Gasteiger partial charge in [0.15, 0.2) is 0 Å². The molecule has 2 unspecified atom stereocenters. The van der Waals surface area contributed by atoms with Crippen LogP contribution in [0.4, 0.5) is 13.2 Å². The Morgan fingerprint density at radius 1 is 1.42 bits per heavy atom. The van der Waals surface area contributed by atoms with E-state index in [1.54, 1.807) is 0 Å². The van der Waals surface area contributed by atoms with Gasteiger partial charge in [0, 0.05) is 7.11 Å². The molecule has 0 bridgehead atoms. The van der Waals surface area contributed by atoms with Crippen molar-refractivity contribution in [1.82, 2.24) is 0 Å². The second-order valence-corrected chi connectivity index (χ2v) is 3.66. The number of methoxy groups -OCH3 is 1. The SMILES string of the molecule is COC1CCC(C)(C(F)(F)F)C1. The summed E-state index contributed by atoms with van der Waals surface area (Å²) < 4.78 is 42.1. The molecule has 0 aliphatic heterocycles. The Bertz CT molecular complexity index is 166. The van der Waals surface area contributed by atoms with Gasteiger partial charge in [0.2, 0.25) is 0 Å². The van der Waals surface area contributed by atoms with E-state index in [-0.39, 0.29) is 18.9 Å². The van der Waals surface area contributed by atoms with Crippen LogP contribution in [0.25, 0.3) is 0 Å². The van der Waals surface area contributed by atoms with Crippen LogP contribution in [0, 0.1) is 5.41 Å². The first-order valence-electron chi connectivity index (χ1n) is 3.98. The molecule has 0 N–H and O–H groups in total. The second kappa shape index (κ2) is 2.91. The second-order valence-electron chi connectivity index (χ2n) is 3.66. The summed E-state index contributed by atoms with van der Waals surface area (Å²) in [7, 11) is 1.47. The number of hydrogen-bond acceptors (Lipinski definition) is 1. The van der Waals surface area contributed by atoms with E-state index in [9.17, 15) is 13.2 Å². The van der Waals surface area contributed by atoms with Gasteiger partial charge in [-0.05, 0) is 19.3 Å². The first-order chi connectivity index (χ1) is 5.39. The Morgan fingerprint density at radius 3 is 2.25 bits per heavy atom. The maximum Gasteiger partial charge on any atom is 0.394 e. The molecule has 1 fully saturated rings. The van der Waals surface area contributed by atoms with Gasteiger partial charge in [-0.1, -0.05) is 6.92 Å². The molecule has 1 aliphatic carbocycles. The first-order valence-corrected chi connectivity index (χ1v) is 3.98. The van der Waals surface area contributed by atoms with Crippen molar-refractivity contribution in [2.45, 2.75) is 38.5 Å². The van der Waals surface area contributed by atoms with E-state index in [1.807, 2.05) is 0 Å². The fourth-order valence-electron chi connectivity index (χ4n) is 1.64. The molecule has 0 amide bonds. The minimum Gasteiger partial charge on any atom is -0.381 e. The number of alkyl halides is 3. The van der Waals surface area contributed by atoms with Crippen molar-refractivity contribution >= 4 is 0 Å². The van der Waals surface area contributed by atoms with Gasteiger partial charge >= 0.3 is 6.18 Å². The molecular formula is C8H13F3O. The van der Waals surface area contributed by atoms with Crippen LogP contribution in [0.15, 0.2) is 0 Å². The van der Waals surface area contributed by atoms with E-state index in [2.05, 4.69) is 0 Å². The summed E-state index contributed by atoms with van der Waals surface area (Å²) in [4.78, 5) is 0. The third-order valence-electron chi connectivity index (χ3n) is 2.71. The van der Waals surface area contributed by atoms with E-state index in [0.717, 1.165) is 0 Å². The topological polar surface area (TPSA) is 9.23 Å². The Kier molecular flexibility index (Phi) is 2.38. The number of rotatable bonds is 1. The van der Waals surface area contributed by atoms with Gasteiger partial charge in [-0.25, -0.2) is 0 Å². The highest BCUT2D eigenvalue weighted by Crippen LogP contribution is 2.50. The zero-order valence-corrected chi connectivity index (χ0v) is 7.24. The lowest BCUT2D eigenvalue weighted by molar-refractivity contribution is -0.217. The van der Waals surface area contributed by atoms with E-state index < -0.39 is 11.6 Å². The molecule has 0 heterocycles. The molecule has 12 heavy (non-hydrogen) atoms. The lowest BCUT2D eigenvalue weighted by atomic mass is 9.88. The smallest absolute Gasteiger partial charge is 0.381 e. The molecule has 0 aromatic rings. The number of hydrogen-bond donors (Lipinski definition) is 0. The lowest BCUT2D eigenvalue weighted by Gasteiger charge is -2.26. The molecule has 0 aromatic heterocycles. The van der Waals surface area contributed by atoms with Gasteiger partial charge in [0.25, 0.3) is 0 Å². The van der Waals surface area contributed by atoms with E-state index in [0.29, 0.717) is 6.42 Å². The molecule has 2 atom stereocenters. The molecule has 72 valence electrons. The van der Waals surface area contributed by atoms with Gasteiger partial charge in [-0.2, -0.15) is 13.2 Å². The minimum atomic E-state index is -4.08. The highest BCUT2D eigenvalue weighted by molar-refractivity contribution is 4.91. The Hall–Kier alpha value is -0.250. The summed E-state index contributed by atoms with van der Waals surface area (Å²) in [5.74, 6) is 0. The molecule has 0 saturated heterocycles. The summed E-state index contributed by atoms with van der Waals surface area (Å²) in [6.45, 7) is 1.27. The maximum absolute atomic E-state index is 12.4. The average molecular weight is 182 g/mol. The molecule has 0 radical (unpaired) electrons. The Labute approximate surface area is 69.9 Å². The van der Waals surface area contributed by atoms with E-state index in [1.165, 1.54) is 14.0 Å². The largest absolute Gasteiger partial charge is 0.394 e. The standard InChI is InChI=1S/C8H13F3O/c1-7(8(9,10)11)4-3-6(5-7)12-2/h6H,3-5H2,1-2H3. The summed E-state index contributed by atoms with van der Waals surface area (Å²) in [5.41, 5.74) is -1.52. The molecule has 1 aliphatic rings. The van der Waals surface area contributed by atoms with Crippen molar-refractivity contribution in [3.05, 3.63) is 0 Å². The van der Waals surface area contributed by atoms with Crippen LogP contribution in [-0.2, 0) is 4.74 Å². The van der Waals surface area contributed by atoms with Crippen molar-refractivity contribution < 1.29 is 17.9 Å². The normalized spacial score (nSPS) is 37.2. The monoisotopic (exact) mass is 182 g/mol. The van der Waals surface area contributed by atoms with Crippen molar-refractivity contribution in [1.29, 1.82) is 0 Å². The van der Waals surface area contributed by atoms with E-state index >= 15 is 0 Å². The molecular weight excluding hydrogens is 169 g/mol. The quantitative estimate of drug-likeness (QED) is 0.605. The zero-order valence-electron chi connectivity index (χ0n) is 7.24. The molecule has 1 nitrogen and oxygen atoms in total. The van der Waals surface area contributed by atoms with Gasteiger partial charge in [0.1, 0.15) is 0 Å². The number of halogens is 3. The number of ether oxygens (including phenoxy) is 1. The fraction of sp³-hybridized carbons (Fsp3) is 1.00. The predicted molar refractivity (Wildman–Crippen MR) is 38.8 cm³/mol. The first kappa shape index (κ1) is 9.84. The molecule has 1 saturated carbocycles. The van der Waals surface area contributed by atoms with Crippen LogP contribution in [0.3, 0.4) is 0 Å². The fourth-order valence-corrected chi connectivity index (χ4v) is 1.64. The van der Waals surface area contributed by atoms with E-state index in [4.69, 9.17) is 4.74 Å².